The standard InChI is InChI=1S/C15H15ClN4O2.C13H12ClN5O/c1-2-22-15(21)14-11(8-12(16)19-20-14)18-13-7-6-9-4-3-5-10(9)17-13;14-10-6-9(12(13(15)20)19-18-10)17-11-5-4-7-2-1-3-8(7)16-11/h6-8H,2-5H2,1H3,(H,17,18,19);4-6H,1-3H2,(H2,15,20)(H,16,17,18). The molecule has 2 aliphatic rings. The van der Waals surface area contributed by atoms with Crippen molar-refractivity contribution in [2.75, 3.05) is 17.2 Å². The molecule has 4 N–H and O–H groups in total. The molecule has 216 valence electrons. The van der Waals surface area contributed by atoms with Crippen LogP contribution in [0.25, 0.3) is 0 Å². The molecule has 0 saturated carbocycles. The molecule has 0 aromatic carbocycles. The number of amides is 1. The molecule has 0 bridgehead atoms. The average Bonchev–Trinajstić information content (AvgIpc) is 3.62. The van der Waals surface area contributed by atoms with Gasteiger partial charge in [0.15, 0.2) is 21.7 Å². The molecule has 14 heteroatoms. The molecule has 0 atom stereocenters. The van der Waals surface area contributed by atoms with Gasteiger partial charge < -0.3 is 21.1 Å². The van der Waals surface area contributed by atoms with Gasteiger partial charge in [-0.2, -0.15) is 0 Å². The molecule has 12 nitrogen and oxygen atoms in total. The lowest BCUT2D eigenvalue weighted by molar-refractivity contribution is 0.0519. The van der Waals surface area contributed by atoms with Crippen LogP contribution < -0.4 is 16.4 Å². The van der Waals surface area contributed by atoms with Gasteiger partial charge in [-0.1, -0.05) is 35.3 Å². The summed E-state index contributed by atoms with van der Waals surface area (Å²) in [6, 6.07) is 10.9. The van der Waals surface area contributed by atoms with E-state index in [1.165, 1.54) is 23.3 Å². The smallest absolute Gasteiger partial charge is 0.361 e. The number of nitrogens with one attached hydrogen (secondary N) is 2. The zero-order chi connectivity index (χ0) is 29.6. The van der Waals surface area contributed by atoms with Crippen molar-refractivity contribution >= 4 is 58.1 Å². The van der Waals surface area contributed by atoms with Crippen molar-refractivity contribution in [2.24, 2.45) is 5.73 Å². The van der Waals surface area contributed by atoms with Crippen molar-refractivity contribution in [3.05, 3.63) is 80.6 Å². The van der Waals surface area contributed by atoms with Crippen LogP contribution >= 0.6 is 23.2 Å². The van der Waals surface area contributed by atoms with Crippen LogP contribution in [0.5, 0.6) is 0 Å². The van der Waals surface area contributed by atoms with Crippen molar-refractivity contribution < 1.29 is 14.3 Å². The largest absolute Gasteiger partial charge is 0.461 e. The Labute approximate surface area is 251 Å². The first-order valence-electron chi connectivity index (χ1n) is 13.4. The van der Waals surface area contributed by atoms with Crippen molar-refractivity contribution in [2.45, 2.75) is 45.4 Å². The molecule has 6 rings (SSSR count). The molecule has 0 aliphatic heterocycles. The number of pyridine rings is 2. The maximum atomic E-state index is 11.9. The summed E-state index contributed by atoms with van der Waals surface area (Å²) in [5.74, 6) is 0.0700. The molecule has 2 aliphatic carbocycles. The zero-order valence-corrected chi connectivity index (χ0v) is 24.2. The molecule has 42 heavy (non-hydrogen) atoms. The molecule has 4 aromatic heterocycles. The van der Waals surface area contributed by atoms with Gasteiger partial charge in [0.05, 0.1) is 18.0 Å². The van der Waals surface area contributed by atoms with Gasteiger partial charge in [-0.15, -0.1) is 20.4 Å². The number of carbonyl (C=O) groups excluding carboxylic acids is 2. The number of hydrogen-bond donors (Lipinski definition) is 3. The first-order chi connectivity index (χ1) is 20.3. The minimum absolute atomic E-state index is 0.0386. The van der Waals surface area contributed by atoms with Gasteiger partial charge in [0.2, 0.25) is 0 Å². The predicted molar refractivity (Wildman–Crippen MR) is 158 cm³/mol. The fraction of sp³-hybridized carbons (Fsp3) is 0.286. The van der Waals surface area contributed by atoms with E-state index in [-0.39, 0.29) is 28.3 Å². The van der Waals surface area contributed by atoms with E-state index in [0.717, 1.165) is 49.9 Å². The van der Waals surface area contributed by atoms with Crippen molar-refractivity contribution in [3.8, 4) is 0 Å². The second kappa shape index (κ2) is 13.0. The Morgan fingerprint density at radius 3 is 1.79 bits per heavy atom. The Hall–Kier alpha value is -4.42. The Bertz CT molecular complexity index is 1650. The molecule has 0 unspecified atom stereocenters. The summed E-state index contributed by atoms with van der Waals surface area (Å²) in [6.07, 6.45) is 6.34. The van der Waals surface area contributed by atoms with Crippen LogP contribution in [0, 0.1) is 0 Å². The lowest BCUT2D eigenvalue weighted by atomic mass is 10.2. The van der Waals surface area contributed by atoms with E-state index in [2.05, 4.69) is 47.1 Å². The summed E-state index contributed by atoms with van der Waals surface area (Å²) >= 11 is 11.7. The fourth-order valence-corrected chi connectivity index (χ4v) is 5.01. The third-order valence-electron chi connectivity index (χ3n) is 6.61. The molecule has 0 saturated heterocycles. The number of carbonyl (C=O) groups is 2. The van der Waals surface area contributed by atoms with Crippen molar-refractivity contribution in [3.63, 3.8) is 0 Å². The second-order valence-corrected chi connectivity index (χ2v) is 10.3. The van der Waals surface area contributed by atoms with E-state index in [1.54, 1.807) is 6.92 Å². The van der Waals surface area contributed by atoms with Crippen LogP contribution in [0.4, 0.5) is 23.0 Å². The summed E-state index contributed by atoms with van der Waals surface area (Å²) < 4.78 is 4.98. The number of aryl methyl sites for hydroxylation is 4. The first kappa shape index (κ1) is 29.1. The van der Waals surface area contributed by atoms with E-state index in [0.29, 0.717) is 23.0 Å². The normalized spacial score (nSPS) is 12.9. The molecule has 4 heterocycles. The van der Waals surface area contributed by atoms with E-state index < -0.39 is 11.9 Å². The van der Waals surface area contributed by atoms with Crippen molar-refractivity contribution in [1.29, 1.82) is 0 Å². The maximum Gasteiger partial charge on any atom is 0.361 e. The highest BCUT2D eigenvalue weighted by molar-refractivity contribution is 6.30. The second-order valence-electron chi connectivity index (χ2n) is 9.51. The number of primary amides is 1. The predicted octanol–water partition coefficient (Wildman–Crippen LogP) is 4.79. The molecule has 0 fully saturated rings. The van der Waals surface area contributed by atoms with Gasteiger partial charge in [-0.05, 0) is 68.7 Å². The molecule has 4 aromatic rings. The fourth-order valence-electron chi connectivity index (χ4n) is 4.72. The third-order valence-corrected chi connectivity index (χ3v) is 6.98. The van der Waals surface area contributed by atoms with Crippen LogP contribution in [0.3, 0.4) is 0 Å². The van der Waals surface area contributed by atoms with Gasteiger partial charge in [0.25, 0.3) is 5.91 Å². The summed E-state index contributed by atoms with van der Waals surface area (Å²) in [5, 5.41) is 21.3. The summed E-state index contributed by atoms with van der Waals surface area (Å²) in [6.45, 7) is 2.00. The highest BCUT2D eigenvalue weighted by Gasteiger charge is 2.19. The number of fused-ring (bicyclic) bond motifs is 2. The third kappa shape index (κ3) is 6.89. The summed E-state index contributed by atoms with van der Waals surface area (Å²) in [5.41, 5.74) is 11.0. The van der Waals surface area contributed by atoms with Crippen LogP contribution in [0.1, 0.15) is 63.3 Å². The lowest BCUT2D eigenvalue weighted by Gasteiger charge is -2.10. The van der Waals surface area contributed by atoms with Crippen LogP contribution in [-0.4, -0.2) is 48.8 Å². The average molecular weight is 608 g/mol. The molecular formula is C28H27Cl2N9O3. The number of hydrogen-bond acceptors (Lipinski definition) is 11. The quantitative estimate of drug-likeness (QED) is 0.247. The van der Waals surface area contributed by atoms with Crippen LogP contribution in [-0.2, 0) is 30.4 Å². The molecule has 0 radical (unpaired) electrons. The minimum atomic E-state index is -0.669. The van der Waals surface area contributed by atoms with Crippen molar-refractivity contribution in [1.82, 2.24) is 30.4 Å². The lowest BCUT2D eigenvalue weighted by Crippen LogP contribution is -2.16. The van der Waals surface area contributed by atoms with E-state index in [1.807, 2.05) is 18.2 Å². The Kier molecular flexibility index (Phi) is 9.03. The number of halogens is 2. The van der Waals surface area contributed by atoms with Gasteiger partial charge in [-0.3, -0.25) is 4.79 Å². The number of aromatic nitrogens is 6. The topological polar surface area (TPSA) is 171 Å². The SMILES string of the molecule is CCOC(=O)c1nnc(Cl)cc1Nc1ccc2c(n1)CCC2.NC(=O)c1nnc(Cl)cc1Nc1ccc2c(n1)CCC2. The highest BCUT2D eigenvalue weighted by Crippen LogP contribution is 2.27. The van der Waals surface area contributed by atoms with Gasteiger partial charge in [0, 0.05) is 23.5 Å². The molecule has 0 spiro atoms. The number of anilines is 4. The Morgan fingerprint density at radius 1 is 0.786 bits per heavy atom. The first-order valence-corrected chi connectivity index (χ1v) is 14.1. The number of nitrogens with zero attached hydrogens (tertiary/aromatic N) is 6. The van der Waals surface area contributed by atoms with E-state index >= 15 is 0 Å². The van der Waals surface area contributed by atoms with E-state index in [9.17, 15) is 9.59 Å². The molecule has 1 amide bonds. The van der Waals surface area contributed by atoms with Gasteiger partial charge >= 0.3 is 5.97 Å². The maximum absolute atomic E-state index is 11.9. The summed E-state index contributed by atoms with van der Waals surface area (Å²) in [7, 11) is 0. The number of esters is 1. The monoisotopic (exact) mass is 607 g/mol. The molecular weight excluding hydrogens is 581 g/mol. The number of nitrogens with two attached hydrogens (primary N) is 1. The van der Waals surface area contributed by atoms with E-state index in [4.69, 9.17) is 33.7 Å². The van der Waals surface area contributed by atoms with Gasteiger partial charge in [-0.25, -0.2) is 14.8 Å². The Balaban J connectivity index is 0.000000169. The number of rotatable bonds is 7. The van der Waals surface area contributed by atoms with Crippen LogP contribution in [0.15, 0.2) is 36.4 Å². The zero-order valence-electron chi connectivity index (χ0n) is 22.7. The Morgan fingerprint density at radius 2 is 1.29 bits per heavy atom. The van der Waals surface area contributed by atoms with Gasteiger partial charge in [0.1, 0.15) is 11.6 Å². The summed E-state index contributed by atoms with van der Waals surface area (Å²) in [4.78, 5) is 32.3. The number of ether oxygens (including phenoxy) is 1. The van der Waals surface area contributed by atoms with Crippen LogP contribution in [0.2, 0.25) is 10.3 Å². The highest BCUT2D eigenvalue weighted by atomic mass is 35.5. The minimum Gasteiger partial charge on any atom is -0.461 e.